The second-order valence-electron chi connectivity index (χ2n) is 3.15. The van der Waals surface area contributed by atoms with Gasteiger partial charge in [-0.2, -0.15) is 0 Å². The van der Waals surface area contributed by atoms with E-state index in [0.29, 0.717) is 5.56 Å². The molecule has 0 N–H and O–H groups in total. The molecule has 15 heavy (non-hydrogen) atoms. The Balaban J connectivity index is 2.68. The lowest BCUT2D eigenvalue weighted by Crippen LogP contribution is -1.98. The van der Waals surface area contributed by atoms with Crippen LogP contribution >= 0.6 is 0 Å². The van der Waals surface area contributed by atoms with E-state index in [1.165, 1.54) is 6.20 Å². The number of benzene rings is 1. The molecule has 76 valence electrons. The Morgan fingerprint density at radius 3 is 2.73 bits per heavy atom. The van der Waals surface area contributed by atoms with Crippen LogP contribution in [0.5, 0.6) is 0 Å². The van der Waals surface area contributed by atoms with Gasteiger partial charge in [-0.05, 0) is 12.5 Å². The van der Waals surface area contributed by atoms with E-state index in [-0.39, 0.29) is 12.2 Å². The summed E-state index contributed by atoms with van der Waals surface area (Å²) in [6.07, 6.45) is 1.64. The highest BCUT2D eigenvalue weighted by atomic mass is 16.1. The first kappa shape index (κ1) is 11.0. The van der Waals surface area contributed by atoms with Gasteiger partial charge >= 0.3 is 0 Å². The molecule has 4 nitrogen and oxygen atoms in total. The van der Waals surface area contributed by atoms with Gasteiger partial charge in [-0.15, -0.1) is 0 Å². The molecule has 0 saturated heterocycles. The third-order valence-corrected chi connectivity index (χ3v) is 1.86. The molecule has 0 radical (unpaired) electrons. The number of rotatable bonds is 4. The molecule has 1 aromatic rings. The van der Waals surface area contributed by atoms with E-state index in [1.807, 2.05) is 18.2 Å². The topological polar surface area (TPSA) is 65.8 Å². The van der Waals surface area contributed by atoms with Crippen LogP contribution in [0.3, 0.4) is 0 Å². The summed E-state index contributed by atoms with van der Waals surface area (Å²) in [7, 11) is 0. The van der Waals surface area contributed by atoms with Crippen LogP contribution in [0.1, 0.15) is 23.7 Å². The lowest BCUT2D eigenvalue weighted by molar-refractivity contribution is 0.0993. The second-order valence-corrected chi connectivity index (χ2v) is 3.15. The maximum Gasteiger partial charge on any atom is 0.166 e. The van der Waals surface area contributed by atoms with Crippen molar-refractivity contribution in [2.24, 2.45) is 5.11 Å². The standard InChI is InChI=1S/C11H11N3O/c1-9(8-13-14-12)7-11(15)10-5-3-2-4-6-10/h2-6,8H,7H2,1H3/b9-8+. The van der Waals surface area contributed by atoms with Gasteiger partial charge in [-0.25, -0.2) is 0 Å². The predicted molar refractivity (Wildman–Crippen MR) is 58.3 cm³/mol. The van der Waals surface area contributed by atoms with Gasteiger partial charge in [0.1, 0.15) is 0 Å². The van der Waals surface area contributed by atoms with E-state index < -0.39 is 0 Å². The van der Waals surface area contributed by atoms with E-state index in [1.54, 1.807) is 19.1 Å². The highest BCUT2D eigenvalue weighted by molar-refractivity contribution is 5.97. The number of azide groups is 1. The Hall–Kier alpha value is -2.06. The van der Waals surface area contributed by atoms with E-state index in [0.717, 1.165) is 5.57 Å². The van der Waals surface area contributed by atoms with E-state index in [9.17, 15) is 4.79 Å². The summed E-state index contributed by atoms with van der Waals surface area (Å²) in [5, 5.41) is 3.28. The number of hydrogen-bond acceptors (Lipinski definition) is 2. The van der Waals surface area contributed by atoms with Gasteiger partial charge in [0.05, 0.1) is 0 Å². The summed E-state index contributed by atoms with van der Waals surface area (Å²) in [6.45, 7) is 1.76. The molecule has 0 saturated carbocycles. The van der Waals surface area contributed by atoms with Gasteiger partial charge < -0.3 is 0 Å². The summed E-state index contributed by atoms with van der Waals surface area (Å²) in [4.78, 5) is 14.2. The summed E-state index contributed by atoms with van der Waals surface area (Å²) in [5.41, 5.74) is 9.52. The highest BCUT2D eigenvalue weighted by Gasteiger charge is 2.04. The molecule has 0 atom stereocenters. The number of hydrogen-bond donors (Lipinski definition) is 0. The monoisotopic (exact) mass is 201 g/mol. The maximum absolute atomic E-state index is 11.6. The zero-order chi connectivity index (χ0) is 11.1. The zero-order valence-corrected chi connectivity index (χ0v) is 8.42. The fraction of sp³-hybridized carbons (Fsp3) is 0.182. The first-order chi connectivity index (χ1) is 7.24. The molecule has 0 aliphatic carbocycles. The zero-order valence-electron chi connectivity index (χ0n) is 8.42. The Morgan fingerprint density at radius 2 is 2.13 bits per heavy atom. The van der Waals surface area contributed by atoms with Gasteiger partial charge in [0.2, 0.25) is 0 Å². The van der Waals surface area contributed by atoms with Crippen molar-refractivity contribution in [3.05, 3.63) is 58.1 Å². The van der Waals surface area contributed by atoms with E-state index >= 15 is 0 Å². The highest BCUT2D eigenvalue weighted by Crippen LogP contribution is 2.08. The van der Waals surface area contributed by atoms with Crippen LogP contribution < -0.4 is 0 Å². The minimum absolute atomic E-state index is 0.0255. The van der Waals surface area contributed by atoms with Crippen molar-refractivity contribution in [2.45, 2.75) is 13.3 Å². The van der Waals surface area contributed by atoms with Gasteiger partial charge in [0.25, 0.3) is 0 Å². The first-order valence-corrected chi connectivity index (χ1v) is 4.52. The third kappa shape index (κ3) is 3.67. The lowest BCUT2D eigenvalue weighted by Gasteiger charge is -1.99. The normalized spacial score (nSPS) is 10.6. The molecule has 0 heterocycles. The average Bonchev–Trinajstić information content (AvgIpc) is 2.27. The molecule has 0 spiro atoms. The van der Waals surface area contributed by atoms with Crippen LogP contribution in [0.25, 0.3) is 10.4 Å². The lowest BCUT2D eigenvalue weighted by atomic mass is 10.1. The molecule has 1 aromatic carbocycles. The quantitative estimate of drug-likeness (QED) is 0.318. The minimum Gasteiger partial charge on any atom is -0.294 e. The predicted octanol–water partition coefficient (Wildman–Crippen LogP) is 3.47. The van der Waals surface area contributed by atoms with Crippen LogP contribution in [-0.2, 0) is 0 Å². The molecule has 4 heteroatoms. The first-order valence-electron chi connectivity index (χ1n) is 4.52. The molecule has 0 bridgehead atoms. The molecule has 0 aliphatic heterocycles. The average molecular weight is 201 g/mol. The summed E-state index contributed by atoms with van der Waals surface area (Å²) in [6, 6.07) is 9.03. The SMILES string of the molecule is C/C(=C\N=[N+]=[N-])CC(=O)c1ccccc1. The largest absolute Gasteiger partial charge is 0.294 e. The van der Waals surface area contributed by atoms with Gasteiger partial charge in [0, 0.05) is 23.1 Å². The fourth-order valence-corrected chi connectivity index (χ4v) is 1.15. The number of carbonyl (C=O) groups excluding carboxylic acids is 1. The fourth-order valence-electron chi connectivity index (χ4n) is 1.15. The number of carbonyl (C=O) groups is 1. The van der Waals surface area contributed by atoms with E-state index in [4.69, 9.17) is 5.53 Å². The van der Waals surface area contributed by atoms with Gasteiger partial charge in [-0.1, -0.05) is 41.0 Å². The maximum atomic E-state index is 11.6. The van der Waals surface area contributed by atoms with Crippen molar-refractivity contribution in [3.63, 3.8) is 0 Å². The summed E-state index contributed by atoms with van der Waals surface area (Å²) in [5.74, 6) is 0.0255. The number of nitrogens with zero attached hydrogens (tertiary/aromatic N) is 3. The molecular formula is C11H11N3O. The Labute approximate surface area is 87.9 Å². The third-order valence-electron chi connectivity index (χ3n) is 1.86. The van der Waals surface area contributed by atoms with Crippen LogP contribution in [0.4, 0.5) is 0 Å². The minimum atomic E-state index is 0.0255. The van der Waals surface area contributed by atoms with Gasteiger partial charge in [0.15, 0.2) is 5.78 Å². The molecule has 0 unspecified atom stereocenters. The van der Waals surface area contributed by atoms with Crippen molar-refractivity contribution in [3.8, 4) is 0 Å². The van der Waals surface area contributed by atoms with Crippen LogP contribution in [0.15, 0.2) is 47.2 Å². The Bertz CT molecular complexity index is 417. The van der Waals surface area contributed by atoms with Crippen molar-refractivity contribution < 1.29 is 4.79 Å². The number of ketones is 1. The molecule has 0 aromatic heterocycles. The Morgan fingerprint density at radius 1 is 1.47 bits per heavy atom. The Kier molecular flexibility index (Phi) is 4.13. The molecule has 1 rings (SSSR count). The van der Waals surface area contributed by atoms with Crippen LogP contribution in [-0.4, -0.2) is 5.78 Å². The summed E-state index contributed by atoms with van der Waals surface area (Å²) < 4.78 is 0. The molecule has 0 amide bonds. The van der Waals surface area contributed by atoms with Crippen LogP contribution in [0.2, 0.25) is 0 Å². The smallest absolute Gasteiger partial charge is 0.166 e. The van der Waals surface area contributed by atoms with Crippen molar-refractivity contribution in [1.82, 2.24) is 0 Å². The van der Waals surface area contributed by atoms with Crippen molar-refractivity contribution in [2.75, 3.05) is 0 Å². The molecule has 0 fully saturated rings. The molecule has 0 aliphatic rings. The second kappa shape index (κ2) is 5.62. The van der Waals surface area contributed by atoms with Crippen molar-refractivity contribution >= 4 is 5.78 Å². The molecular weight excluding hydrogens is 190 g/mol. The summed E-state index contributed by atoms with van der Waals surface area (Å²) >= 11 is 0. The van der Waals surface area contributed by atoms with E-state index in [2.05, 4.69) is 10.0 Å². The number of allylic oxidation sites excluding steroid dienone is 1. The van der Waals surface area contributed by atoms with Crippen LogP contribution in [0, 0.1) is 0 Å². The van der Waals surface area contributed by atoms with Crippen molar-refractivity contribution in [1.29, 1.82) is 0 Å². The number of Topliss-reactive ketones (excluding diaryl/α,β-unsaturated/α-hetero) is 1. The van der Waals surface area contributed by atoms with Gasteiger partial charge in [-0.3, -0.25) is 4.79 Å².